The summed E-state index contributed by atoms with van der Waals surface area (Å²) in [7, 11) is 0. The Bertz CT molecular complexity index is 698. The highest BCUT2D eigenvalue weighted by atomic mass is 19.4. The summed E-state index contributed by atoms with van der Waals surface area (Å²) in [6.45, 7) is 4.19. The number of hydrogen-bond acceptors (Lipinski definition) is 4. The van der Waals surface area contributed by atoms with Crippen LogP contribution in [0.25, 0.3) is 0 Å². The smallest absolute Gasteiger partial charge is 0.293 e. The number of nitrogens with zero attached hydrogens (tertiary/aromatic N) is 4. The zero-order valence-corrected chi connectivity index (χ0v) is 13.5. The fourth-order valence-electron chi connectivity index (χ4n) is 2.82. The largest absolute Gasteiger partial charge is 0.433 e. The predicted molar refractivity (Wildman–Crippen MR) is 83.1 cm³/mol. The van der Waals surface area contributed by atoms with Gasteiger partial charge >= 0.3 is 6.18 Å². The van der Waals surface area contributed by atoms with Gasteiger partial charge in [-0.1, -0.05) is 13.0 Å². The van der Waals surface area contributed by atoms with Gasteiger partial charge in [0.25, 0.3) is 0 Å². The zero-order chi connectivity index (χ0) is 17.2. The molecule has 3 rings (SSSR count). The first-order valence-electron chi connectivity index (χ1n) is 8.04. The van der Waals surface area contributed by atoms with Crippen LogP contribution in [-0.4, -0.2) is 26.4 Å². The Balaban J connectivity index is 1.68. The Hall–Kier alpha value is -2.02. The van der Waals surface area contributed by atoms with Crippen LogP contribution in [0.4, 0.5) is 13.2 Å². The number of hydrogen-bond donors (Lipinski definition) is 0. The highest BCUT2D eigenvalue weighted by Gasteiger charge is 2.32. The highest BCUT2D eigenvalue weighted by molar-refractivity contribution is 5.22. The molecule has 0 spiro atoms. The van der Waals surface area contributed by atoms with E-state index in [2.05, 4.69) is 26.8 Å². The van der Waals surface area contributed by atoms with Crippen LogP contribution in [0.1, 0.15) is 41.7 Å². The van der Waals surface area contributed by atoms with Crippen molar-refractivity contribution in [3.05, 3.63) is 52.9 Å². The number of aromatic nitrogens is 3. The maximum absolute atomic E-state index is 12.6. The van der Waals surface area contributed by atoms with Gasteiger partial charge in [0.2, 0.25) is 0 Å². The highest BCUT2D eigenvalue weighted by Crippen LogP contribution is 2.27. The monoisotopic (exact) mass is 336 g/mol. The molecular formula is C17H19F3N4. The maximum atomic E-state index is 12.6. The van der Waals surface area contributed by atoms with Crippen molar-refractivity contribution in [2.45, 2.75) is 45.5 Å². The molecule has 2 aromatic rings. The van der Waals surface area contributed by atoms with Crippen molar-refractivity contribution in [2.75, 3.05) is 6.54 Å². The van der Waals surface area contributed by atoms with E-state index in [0.717, 1.165) is 54.5 Å². The van der Waals surface area contributed by atoms with Crippen molar-refractivity contribution in [1.82, 2.24) is 19.9 Å². The minimum atomic E-state index is -4.39. The predicted octanol–water partition coefficient (Wildman–Crippen LogP) is 3.40. The molecule has 0 bridgehead atoms. The van der Waals surface area contributed by atoms with E-state index in [9.17, 15) is 13.2 Å². The summed E-state index contributed by atoms with van der Waals surface area (Å²) in [4.78, 5) is 14.7. The van der Waals surface area contributed by atoms with Crippen molar-refractivity contribution < 1.29 is 13.2 Å². The molecule has 0 aliphatic carbocycles. The van der Waals surface area contributed by atoms with Crippen molar-refractivity contribution in [3.8, 4) is 0 Å². The molecule has 0 saturated carbocycles. The molecule has 0 saturated heterocycles. The van der Waals surface area contributed by atoms with Crippen LogP contribution in [0.3, 0.4) is 0 Å². The molecule has 1 aliphatic rings. The van der Waals surface area contributed by atoms with Crippen LogP contribution >= 0.6 is 0 Å². The summed E-state index contributed by atoms with van der Waals surface area (Å²) in [5.74, 6) is 0.856. The summed E-state index contributed by atoms with van der Waals surface area (Å²) in [5, 5.41) is 0. The lowest BCUT2D eigenvalue weighted by Gasteiger charge is -2.28. The van der Waals surface area contributed by atoms with Gasteiger partial charge in [0.15, 0.2) is 0 Å². The lowest BCUT2D eigenvalue weighted by molar-refractivity contribution is -0.141. The first-order valence-corrected chi connectivity index (χ1v) is 8.04. The molecule has 0 radical (unpaired) electrons. The minimum Gasteiger partial charge on any atom is -0.293 e. The van der Waals surface area contributed by atoms with Gasteiger partial charge in [-0.05, 0) is 30.0 Å². The molecule has 0 unspecified atom stereocenters. The van der Waals surface area contributed by atoms with E-state index in [1.54, 1.807) is 0 Å². The zero-order valence-electron chi connectivity index (χ0n) is 13.5. The lowest BCUT2D eigenvalue weighted by atomic mass is 10.1. The minimum absolute atomic E-state index is 0.567. The number of alkyl halides is 3. The van der Waals surface area contributed by atoms with Gasteiger partial charge in [0.05, 0.1) is 5.69 Å². The number of fused-ring (bicyclic) bond motifs is 1. The van der Waals surface area contributed by atoms with Crippen molar-refractivity contribution in [3.63, 3.8) is 0 Å². The van der Waals surface area contributed by atoms with Gasteiger partial charge in [0, 0.05) is 38.4 Å². The van der Waals surface area contributed by atoms with Gasteiger partial charge < -0.3 is 0 Å². The Morgan fingerprint density at radius 2 is 2.00 bits per heavy atom. The fraction of sp³-hybridized carbons (Fsp3) is 0.471. The average Bonchev–Trinajstić information content (AvgIpc) is 2.54. The molecule has 1 aliphatic heterocycles. The summed E-state index contributed by atoms with van der Waals surface area (Å²) >= 11 is 0. The topological polar surface area (TPSA) is 41.9 Å². The first kappa shape index (κ1) is 16.8. The molecule has 0 N–H and O–H groups in total. The van der Waals surface area contributed by atoms with Gasteiger partial charge in [0.1, 0.15) is 11.5 Å². The van der Waals surface area contributed by atoms with Crippen molar-refractivity contribution >= 4 is 0 Å². The van der Waals surface area contributed by atoms with E-state index < -0.39 is 11.9 Å². The number of pyridine rings is 1. The van der Waals surface area contributed by atoms with E-state index in [0.29, 0.717) is 13.1 Å². The van der Waals surface area contributed by atoms with E-state index in [-0.39, 0.29) is 0 Å². The molecular weight excluding hydrogens is 317 g/mol. The van der Waals surface area contributed by atoms with E-state index in [1.807, 2.05) is 6.20 Å². The second-order valence-corrected chi connectivity index (χ2v) is 6.02. The van der Waals surface area contributed by atoms with Crippen molar-refractivity contribution in [1.29, 1.82) is 0 Å². The van der Waals surface area contributed by atoms with Gasteiger partial charge in [-0.2, -0.15) is 13.2 Å². The molecule has 3 heterocycles. The number of aryl methyl sites for hydroxylation is 1. The van der Waals surface area contributed by atoms with Crippen molar-refractivity contribution in [2.24, 2.45) is 0 Å². The Labute approximate surface area is 138 Å². The Kier molecular flexibility index (Phi) is 4.80. The van der Waals surface area contributed by atoms with Gasteiger partial charge in [-0.3, -0.25) is 9.88 Å². The van der Waals surface area contributed by atoms with E-state index in [4.69, 9.17) is 0 Å². The number of rotatable bonds is 4. The molecule has 128 valence electrons. The molecule has 0 atom stereocenters. The quantitative estimate of drug-likeness (QED) is 0.858. The van der Waals surface area contributed by atoms with Crippen LogP contribution in [0.2, 0.25) is 0 Å². The standard InChI is InChI=1S/C17H19F3N4/c1-2-3-16-22-9-13-6-7-24(11-14(13)23-16)10-12-4-5-15(21-8-12)17(18,19)20/h4-5,8-9H,2-3,6-7,10-11H2,1H3. The molecule has 2 aromatic heterocycles. The second kappa shape index (κ2) is 6.84. The third kappa shape index (κ3) is 3.90. The normalized spacial score (nSPS) is 15.3. The molecule has 24 heavy (non-hydrogen) atoms. The van der Waals surface area contributed by atoms with E-state index in [1.165, 1.54) is 12.3 Å². The fourth-order valence-corrected chi connectivity index (χ4v) is 2.82. The molecule has 0 aromatic carbocycles. The third-order valence-corrected chi connectivity index (χ3v) is 4.07. The SMILES string of the molecule is CCCc1ncc2c(n1)CN(Cc1ccc(C(F)(F)F)nc1)CC2. The van der Waals surface area contributed by atoms with E-state index >= 15 is 0 Å². The summed E-state index contributed by atoms with van der Waals surface area (Å²) in [6, 6.07) is 2.53. The van der Waals surface area contributed by atoms with Crippen LogP contribution in [-0.2, 0) is 32.1 Å². The van der Waals surface area contributed by atoms with Crippen LogP contribution in [0, 0.1) is 0 Å². The third-order valence-electron chi connectivity index (χ3n) is 4.07. The number of halogens is 3. The molecule has 4 nitrogen and oxygen atoms in total. The average molecular weight is 336 g/mol. The molecule has 0 amide bonds. The molecule has 0 fully saturated rings. The Morgan fingerprint density at radius 3 is 2.67 bits per heavy atom. The van der Waals surface area contributed by atoms with Crippen LogP contribution in [0.15, 0.2) is 24.5 Å². The summed E-state index contributed by atoms with van der Waals surface area (Å²) in [5.41, 5.74) is 2.11. The Morgan fingerprint density at radius 1 is 1.17 bits per heavy atom. The maximum Gasteiger partial charge on any atom is 0.433 e. The summed E-state index contributed by atoms with van der Waals surface area (Å²) in [6.07, 6.45) is 1.53. The molecule has 7 heteroatoms. The van der Waals surface area contributed by atoms with Gasteiger partial charge in [-0.25, -0.2) is 9.97 Å². The second-order valence-electron chi connectivity index (χ2n) is 6.02. The first-order chi connectivity index (χ1) is 11.5. The van der Waals surface area contributed by atoms with Gasteiger partial charge in [-0.15, -0.1) is 0 Å². The summed E-state index contributed by atoms with van der Waals surface area (Å²) < 4.78 is 37.7. The lowest BCUT2D eigenvalue weighted by Crippen LogP contribution is -2.31. The van der Waals surface area contributed by atoms with Crippen LogP contribution in [0.5, 0.6) is 0 Å². The van der Waals surface area contributed by atoms with Crippen LogP contribution < -0.4 is 0 Å².